The predicted molar refractivity (Wildman–Crippen MR) is 87.5 cm³/mol. The quantitative estimate of drug-likeness (QED) is 0.885. The first-order valence-corrected chi connectivity index (χ1v) is 7.33. The van der Waals surface area contributed by atoms with Gasteiger partial charge in [-0.2, -0.15) is 0 Å². The third-order valence-corrected chi connectivity index (χ3v) is 3.40. The molecule has 0 aliphatic carbocycles. The number of benzene rings is 2. The number of para-hydroxylation sites is 1. The predicted octanol–water partition coefficient (Wildman–Crippen LogP) is 3.66. The van der Waals surface area contributed by atoms with Crippen molar-refractivity contribution in [3.8, 4) is 11.5 Å². The minimum atomic E-state index is -0.585. The zero-order valence-corrected chi connectivity index (χ0v) is 13.1. The zero-order valence-electron chi connectivity index (χ0n) is 13.1. The molecule has 22 heavy (non-hydrogen) atoms. The highest BCUT2D eigenvalue weighted by atomic mass is 16.5. The molecule has 0 bridgehead atoms. The molecule has 4 heteroatoms. The number of amides is 1. The van der Waals surface area contributed by atoms with E-state index in [1.54, 1.807) is 38.3 Å². The molecular weight excluding hydrogens is 278 g/mol. The summed E-state index contributed by atoms with van der Waals surface area (Å²) in [6, 6.07) is 14.9. The van der Waals surface area contributed by atoms with Crippen LogP contribution in [0.25, 0.3) is 0 Å². The molecular formula is C18H21NO3. The molecule has 1 amide bonds. The molecule has 0 spiro atoms. The molecule has 2 rings (SSSR count). The van der Waals surface area contributed by atoms with Crippen molar-refractivity contribution in [3.05, 3.63) is 54.1 Å². The maximum atomic E-state index is 12.2. The van der Waals surface area contributed by atoms with Gasteiger partial charge in [-0.05, 0) is 49.2 Å². The molecule has 1 unspecified atom stereocenters. The Labute approximate surface area is 131 Å². The average Bonchev–Trinajstić information content (AvgIpc) is 2.56. The Morgan fingerprint density at radius 1 is 1.09 bits per heavy atom. The minimum Gasteiger partial charge on any atom is -0.497 e. The Morgan fingerprint density at radius 3 is 2.36 bits per heavy atom. The largest absolute Gasteiger partial charge is 0.497 e. The van der Waals surface area contributed by atoms with E-state index in [1.807, 2.05) is 24.3 Å². The van der Waals surface area contributed by atoms with Crippen molar-refractivity contribution in [2.45, 2.75) is 26.4 Å². The first-order valence-electron chi connectivity index (χ1n) is 7.33. The van der Waals surface area contributed by atoms with Crippen LogP contribution in [0, 0.1) is 0 Å². The molecule has 0 radical (unpaired) electrons. The van der Waals surface area contributed by atoms with Gasteiger partial charge in [0.15, 0.2) is 6.10 Å². The van der Waals surface area contributed by atoms with Crippen molar-refractivity contribution in [1.82, 2.24) is 0 Å². The fourth-order valence-electron chi connectivity index (χ4n) is 2.10. The highest BCUT2D eigenvalue weighted by Crippen LogP contribution is 2.19. The van der Waals surface area contributed by atoms with E-state index in [0.29, 0.717) is 5.75 Å². The van der Waals surface area contributed by atoms with Gasteiger partial charge in [0.2, 0.25) is 0 Å². The maximum Gasteiger partial charge on any atom is 0.265 e. The van der Waals surface area contributed by atoms with Crippen LogP contribution in [-0.4, -0.2) is 19.1 Å². The van der Waals surface area contributed by atoms with E-state index in [0.717, 1.165) is 23.4 Å². The minimum absolute atomic E-state index is 0.170. The molecule has 2 aromatic carbocycles. The third kappa shape index (κ3) is 4.01. The Bertz CT molecular complexity index is 622. The fraction of sp³-hybridized carbons (Fsp3) is 0.278. The number of methoxy groups -OCH3 is 1. The van der Waals surface area contributed by atoms with E-state index in [-0.39, 0.29) is 5.91 Å². The van der Waals surface area contributed by atoms with Crippen molar-refractivity contribution >= 4 is 11.6 Å². The second-order valence-corrected chi connectivity index (χ2v) is 4.94. The fourth-order valence-corrected chi connectivity index (χ4v) is 2.10. The number of nitrogens with one attached hydrogen (secondary N) is 1. The molecule has 1 N–H and O–H groups in total. The van der Waals surface area contributed by atoms with Crippen molar-refractivity contribution < 1.29 is 14.3 Å². The highest BCUT2D eigenvalue weighted by molar-refractivity contribution is 5.94. The summed E-state index contributed by atoms with van der Waals surface area (Å²) in [5.74, 6) is 1.21. The molecule has 0 aliphatic heterocycles. The monoisotopic (exact) mass is 299 g/mol. The van der Waals surface area contributed by atoms with Crippen LogP contribution in [0.1, 0.15) is 19.4 Å². The van der Waals surface area contributed by atoms with Gasteiger partial charge in [-0.1, -0.05) is 25.1 Å². The molecule has 1 atom stereocenters. The van der Waals surface area contributed by atoms with Gasteiger partial charge in [-0.15, -0.1) is 0 Å². The number of rotatable bonds is 6. The van der Waals surface area contributed by atoms with Gasteiger partial charge in [0.05, 0.1) is 7.11 Å². The smallest absolute Gasteiger partial charge is 0.265 e. The topological polar surface area (TPSA) is 47.6 Å². The number of hydrogen-bond donors (Lipinski definition) is 1. The Hall–Kier alpha value is -2.49. The van der Waals surface area contributed by atoms with Crippen LogP contribution in [-0.2, 0) is 11.2 Å². The molecule has 2 aromatic rings. The van der Waals surface area contributed by atoms with E-state index in [9.17, 15) is 4.79 Å². The molecule has 0 heterocycles. The summed E-state index contributed by atoms with van der Waals surface area (Å²) in [6.45, 7) is 3.79. The third-order valence-electron chi connectivity index (χ3n) is 3.40. The zero-order chi connectivity index (χ0) is 15.9. The summed E-state index contributed by atoms with van der Waals surface area (Å²) in [6.07, 6.45) is 0.280. The summed E-state index contributed by atoms with van der Waals surface area (Å²) in [5.41, 5.74) is 1.94. The average molecular weight is 299 g/mol. The van der Waals surface area contributed by atoms with Gasteiger partial charge in [-0.25, -0.2) is 0 Å². The van der Waals surface area contributed by atoms with Crippen LogP contribution in [0.15, 0.2) is 48.5 Å². The van der Waals surface area contributed by atoms with E-state index in [1.165, 1.54) is 0 Å². The number of carbonyl (C=O) groups excluding carboxylic acids is 1. The molecule has 4 nitrogen and oxygen atoms in total. The van der Waals surface area contributed by atoms with Gasteiger partial charge in [0.1, 0.15) is 11.5 Å². The van der Waals surface area contributed by atoms with Crippen LogP contribution in [0.5, 0.6) is 11.5 Å². The van der Waals surface area contributed by atoms with Gasteiger partial charge >= 0.3 is 0 Å². The molecule has 0 fully saturated rings. The Morgan fingerprint density at radius 2 is 1.73 bits per heavy atom. The van der Waals surface area contributed by atoms with E-state index in [4.69, 9.17) is 9.47 Å². The van der Waals surface area contributed by atoms with Crippen molar-refractivity contribution in [2.75, 3.05) is 12.4 Å². The van der Waals surface area contributed by atoms with Crippen molar-refractivity contribution in [1.29, 1.82) is 0 Å². The van der Waals surface area contributed by atoms with Gasteiger partial charge in [0.25, 0.3) is 5.91 Å². The Kier molecular flexibility index (Phi) is 5.42. The summed E-state index contributed by atoms with van der Waals surface area (Å²) in [7, 11) is 1.61. The van der Waals surface area contributed by atoms with Crippen LogP contribution in [0.2, 0.25) is 0 Å². The normalized spacial score (nSPS) is 11.6. The van der Waals surface area contributed by atoms with Gasteiger partial charge in [0, 0.05) is 5.69 Å². The summed E-state index contributed by atoms with van der Waals surface area (Å²) >= 11 is 0. The lowest BCUT2D eigenvalue weighted by Gasteiger charge is -2.16. The molecule has 0 aliphatic rings. The van der Waals surface area contributed by atoms with Crippen LogP contribution in [0.4, 0.5) is 5.69 Å². The van der Waals surface area contributed by atoms with Crippen LogP contribution < -0.4 is 14.8 Å². The first kappa shape index (κ1) is 15.9. The highest BCUT2D eigenvalue weighted by Gasteiger charge is 2.15. The molecule has 0 aromatic heterocycles. The van der Waals surface area contributed by atoms with Crippen LogP contribution >= 0.6 is 0 Å². The standard InChI is InChI=1S/C18H21NO3/c1-4-14-7-5-6-8-17(14)19-18(20)13(2)22-16-11-9-15(21-3)10-12-16/h5-13H,4H2,1-3H3,(H,19,20). The lowest BCUT2D eigenvalue weighted by molar-refractivity contribution is -0.122. The Balaban J connectivity index is 1.99. The summed E-state index contributed by atoms with van der Waals surface area (Å²) < 4.78 is 10.7. The molecule has 0 saturated carbocycles. The maximum absolute atomic E-state index is 12.2. The van der Waals surface area contributed by atoms with Crippen molar-refractivity contribution in [3.63, 3.8) is 0 Å². The summed E-state index contributed by atoms with van der Waals surface area (Å²) in [4.78, 5) is 12.2. The number of hydrogen-bond acceptors (Lipinski definition) is 3. The SMILES string of the molecule is CCc1ccccc1NC(=O)C(C)Oc1ccc(OC)cc1. The number of aryl methyl sites for hydroxylation is 1. The van der Waals surface area contributed by atoms with E-state index < -0.39 is 6.10 Å². The van der Waals surface area contributed by atoms with Gasteiger partial charge < -0.3 is 14.8 Å². The van der Waals surface area contributed by atoms with Crippen molar-refractivity contribution in [2.24, 2.45) is 0 Å². The lowest BCUT2D eigenvalue weighted by Crippen LogP contribution is -2.30. The second-order valence-electron chi connectivity index (χ2n) is 4.94. The second kappa shape index (κ2) is 7.50. The number of carbonyl (C=O) groups is 1. The number of ether oxygens (including phenoxy) is 2. The first-order chi connectivity index (χ1) is 10.6. The van der Waals surface area contributed by atoms with E-state index in [2.05, 4.69) is 12.2 Å². The lowest BCUT2D eigenvalue weighted by atomic mass is 10.1. The van der Waals surface area contributed by atoms with Gasteiger partial charge in [-0.3, -0.25) is 4.79 Å². The summed E-state index contributed by atoms with van der Waals surface area (Å²) in [5, 5.41) is 2.92. The molecule has 0 saturated heterocycles. The number of anilines is 1. The van der Waals surface area contributed by atoms with E-state index >= 15 is 0 Å². The van der Waals surface area contributed by atoms with Crippen LogP contribution in [0.3, 0.4) is 0 Å². The molecule has 116 valence electrons.